The van der Waals surface area contributed by atoms with Crippen LogP contribution in [0, 0.1) is 24.0 Å². The summed E-state index contributed by atoms with van der Waals surface area (Å²) in [6.07, 6.45) is 6.83. The van der Waals surface area contributed by atoms with Gasteiger partial charge >= 0.3 is 0 Å². The van der Waals surface area contributed by atoms with Gasteiger partial charge in [0.2, 0.25) is 0 Å². The van der Waals surface area contributed by atoms with E-state index in [1.807, 2.05) is 0 Å². The maximum Gasteiger partial charge on any atom is 0.159 e. The van der Waals surface area contributed by atoms with Crippen molar-refractivity contribution in [3.8, 4) is 12.3 Å². The van der Waals surface area contributed by atoms with Crippen LogP contribution in [0.3, 0.4) is 0 Å². The van der Waals surface area contributed by atoms with Crippen molar-refractivity contribution in [3.63, 3.8) is 0 Å². The van der Waals surface area contributed by atoms with E-state index >= 15 is 0 Å². The van der Waals surface area contributed by atoms with Crippen molar-refractivity contribution < 1.29 is 8.78 Å². The Morgan fingerprint density at radius 1 is 1.43 bits per heavy atom. The minimum absolute atomic E-state index is 0.522. The zero-order chi connectivity index (χ0) is 10.8. The summed E-state index contributed by atoms with van der Waals surface area (Å²) in [4.78, 5) is 0. The lowest BCUT2D eigenvalue weighted by Crippen LogP contribution is -2.15. The number of hydrogen-bond donors (Lipinski definition) is 0. The topological polar surface area (TPSA) is 0 Å². The molecule has 0 aliphatic rings. The number of halogens is 2. The molecule has 0 N–H and O–H groups in total. The Labute approximate surface area is 82.3 Å². The third-order valence-electron chi connectivity index (χ3n) is 2.23. The Hall–Kier alpha value is -1.62. The second kappa shape index (κ2) is 3.63. The van der Waals surface area contributed by atoms with Gasteiger partial charge in [-0.15, -0.1) is 13.0 Å². The van der Waals surface area contributed by atoms with E-state index in [0.29, 0.717) is 5.56 Å². The van der Waals surface area contributed by atoms with Crippen LogP contribution in [0.25, 0.3) is 0 Å². The molecule has 1 rings (SSSR count). The standard InChI is InChI=1S/C12H10F2/c1-4-12(3,5-2)9-6-7-10(13)11(14)8-9/h1,5-8H,2H2,3H3/t12-/m1/s1. The first kappa shape index (κ1) is 10.5. The largest absolute Gasteiger partial charge is 0.204 e. The molecule has 1 aromatic rings. The third-order valence-corrected chi connectivity index (χ3v) is 2.23. The predicted molar refractivity (Wildman–Crippen MR) is 52.7 cm³/mol. The van der Waals surface area contributed by atoms with Crippen LogP contribution in [0.15, 0.2) is 30.9 Å². The molecule has 0 saturated carbocycles. The number of hydrogen-bond acceptors (Lipinski definition) is 0. The monoisotopic (exact) mass is 192 g/mol. The Kier molecular flexibility index (Phi) is 2.71. The summed E-state index contributed by atoms with van der Waals surface area (Å²) in [5.41, 5.74) is -0.233. The van der Waals surface area contributed by atoms with Crippen LogP contribution in [-0.2, 0) is 5.41 Å². The molecule has 0 saturated heterocycles. The lowest BCUT2D eigenvalue weighted by atomic mass is 9.83. The van der Waals surface area contributed by atoms with Crippen LogP contribution in [-0.4, -0.2) is 0 Å². The average molecular weight is 192 g/mol. The second-order valence-electron chi connectivity index (χ2n) is 3.18. The minimum Gasteiger partial charge on any atom is -0.204 e. The Morgan fingerprint density at radius 2 is 2.07 bits per heavy atom. The molecule has 0 aliphatic carbocycles. The number of benzene rings is 1. The van der Waals surface area contributed by atoms with Crippen molar-refractivity contribution >= 4 is 0 Å². The molecule has 0 radical (unpaired) electrons. The van der Waals surface area contributed by atoms with E-state index in [4.69, 9.17) is 6.42 Å². The van der Waals surface area contributed by atoms with E-state index in [9.17, 15) is 8.78 Å². The van der Waals surface area contributed by atoms with Gasteiger partial charge in [0.1, 0.15) is 0 Å². The zero-order valence-electron chi connectivity index (χ0n) is 7.85. The molecule has 0 heterocycles. The van der Waals surface area contributed by atoms with Gasteiger partial charge in [0.25, 0.3) is 0 Å². The molecule has 14 heavy (non-hydrogen) atoms. The van der Waals surface area contributed by atoms with Crippen LogP contribution in [0.2, 0.25) is 0 Å². The fourth-order valence-corrected chi connectivity index (χ4v) is 1.08. The van der Waals surface area contributed by atoms with Gasteiger partial charge in [0, 0.05) is 0 Å². The van der Waals surface area contributed by atoms with E-state index in [-0.39, 0.29) is 0 Å². The van der Waals surface area contributed by atoms with E-state index in [1.165, 1.54) is 12.1 Å². The first-order valence-electron chi connectivity index (χ1n) is 4.10. The fraction of sp³-hybridized carbons (Fsp3) is 0.167. The minimum atomic E-state index is -0.897. The molecule has 0 spiro atoms. The summed E-state index contributed by atoms with van der Waals surface area (Å²) in [6.45, 7) is 5.29. The van der Waals surface area contributed by atoms with Gasteiger partial charge in [-0.3, -0.25) is 0 Å². The molecule has 1 aromatic carbocycles. The highest BCUT2D eigenvalue weighted by atomic mass is 19.2. The zero-order valence-corrected chi connectivity index (χ0v) is 7.85. The van der Waals surface area contributed by atoms with Crippen molar-refractivity contribution in [2.45, 2.75) is 12.3 Å². The van der Waals surface area contributed by atoms with Crippen LogP contribution in [0.1, 0.15) is 12.5 Å². The summed E-state index contributed by atoms with van der Waals surface area (Å²) in [6, 6.07) is 3.61. The van der Waals surface area contributed by atoms with Gasteiger partial charge in [0.05, 0.1) is 5.41 Å². The molecule has 0 fully saturated rings. The van der Waals surface area contributed by atoms with Crippen molar-refractivity contribution in [2.75, 3.05) is 0 Å². The number of terminal acetylenes is 1. The summed E-state index contributed by atoms with van der Waals surface area (Å²) in [5, 5.41) is 0. The summed E-state index contributed by atoms with van der Waals surface area (Å²) in [7, 11) is 0. The first-order chi connectivity index (χ1) is 6.53. The molecule has 1 atom stereocenters. The first-order valence-corrected chi connectivity index (χ1v) is 4.10. The maximum absolute atomic E-state index is 12.9. The Bertz CT molecular complexity index is 401. The van der Waals surface area contributed by atoms with Gasteiger partial charge < -0.3 is 0 Å². The highest BCUT2D eigenvalue weighted by molar-refractivity contribution is 5.38. The van der Waals surface area contributed by atoms with Gasteiger partial charge in [-0.25, -0.2) is 8.78 Å². The molecule has 0 aliphatic heterocycles. The summed E-state index contributed by atoms with van der Waals surface area (Å²) in [5.74, 6) is 0.709. The highest BCUT2D eigenvalue weighted by Crippen LogP contribution is 2.25. The van der Waals surface area contributed by atoms with E-state index in [1.54, 1.807) is 6.92 Å². The van der Waals surface area contributed by atoms with Crippen molar-refractivity contribution in [1.82, 2.24) is 0 Å². The van der Waals surface area contributed by atoms with Crippen LogP contribution in [0.4, 0.5) is 8.78 Å². The molecular weight excluding hydrogens is 182 g/mol. The molecule has 0 unspecified atom stereocenters. The molecule has 0 amide bonds. The normalized spacial score (nSPS) is 14.1. The fourth-order valence-electron chi connectivity index (χ4n) is 1.08. The summed E-state index contributed by atoms with van der Waals surface area (Å²) >= 11 is 0. The maximum atomic E-state index is 12.9. The van der Waals surface area contributed by atoms with E-state index in [2.05, 4.69) is 12.5 Å². The average Bonchev–Trinajstić information content (AvgIpc) is 2.21. The van der Waals surface area contributed by atoms with Crippen molar-refractivity contribution in [3.05, 3.63) is 48.1 Å². The highest BCUT2D eigenvalue weighted by Gasteiger charge is 2.20. The summed E-state index contributed by atoms with van der Waals surface area (Å²) < 4.78 is 25.5. The van der Waals surface area contributed by atoms with Gasteiger partial charge in [-0.05, 0) is 24.6 Å². The molecule has 2 heteroatoms. The molecule has 0 nitrogen and oxygen atoms in total. The van der Waals surface area contributed by atoms with Gasteiger partial charge in [-0.1, -0.05) is 18.1 Å². The Morgan fingerprint density at radius 3 is 2.50 bits per heavy atom. The Balaban J connectivity index is 3.28. The molecular formula is C12H10F2. The van der Waals surface area contributed by atoms with Crippen LogP contribution in [0.5, 0.6) is 0 Å². The predicted octanol–water partition coefficient (Wildman–Crippen LogP) is 3.04. The number of rotatable bonds is 2. The number of allylic oxidation sites excluding steroid dienone is 1. The lowest BCUT2D eigenvalue weighted by molar-refractivity contribution is 0.505. The van der Waals surface area contributed by atoms with Crippen LogP contribution >= 0.6 is 0 Å². The van der Waals surface area contributed by atoms with Gasteiger partial charge in [-0.2, -0.15) is 0 Å². The molecule has 0 aromatic heterocycles. The quantitative estimate of drug-likeness (QED) is 0.499. The molecule has 72 valence electrons. The lowest BCUT2D eigenvalue weighted by Gasteiger charge is -2.19. The third kappa shape index (κ3) is 1.67. The smallest absolute Gasteiger partial charge is 0.159 e. The van der Waals surface area contributed by atoms with E-state index in [0.717, 1.165) is 12.1 Å². The van der Waals surface area contributed by atoms with Crippen molar-refractivity contribution in [1.29, 1.82) is 0 Å². The molecule has 0 bridgehead atoms. The van der Waals surface area contributed by atoms with Crippen molar-refractivity contribution in [2.24, 2.45) is 0 Å². The van der Waals surface area contributed by atoms with Gasteiger partial charge in [0.15, 0.2) is 11.6 Å². The van der Waals surface area contributed by atoms with E-state index < -0.39 is 17.0 Å². The SMILES string of the molecule is C#C[C@](C)(C=C)c1ccc(F)c(F)c1. The second-order valence-corrected chi connectivity index (χ2v) is 3.18. The van der Waals surface area contributed by atoms with Crippen LogP contribution < -0.4 is 0 Å².